The lowest BCUT2D eigenvalue weighted by Crippen LogP contribution is -2.19. The highest BCUT2D eigenvalue weighted by atomic mass is 16.5. The lowest BCUT2D eigenvalue weighted by atomic mass is 10.1. The van der Waals surface area contributed by atoms with Crippen LogP contribution in [-0.2, 0) is 4.74 Å². The van der Waals surface area contributed by atoms with E-state index < -0.39 is 0 Å². The van der Waals surface area contributed by atoms with Gasteiger partial charge in [0.05, 0.1) is 5.60 Å². The van der Waals surface area contributed by atoms with Crippen molar-refractivity contribution in [3.8, 4) is 0 Å². The minimum atomic E-state index is 0.0325. The number of ether oxygens (including phenoxy) is 1. The molecule has 1 atom stereocenters. The van der Waals surface area contributed by atoms with E-state index in [-0.39, 0.29) is 5.60 Å². The quantitative estimate of drug-likeness (QED) is 0.442. The second-order valence-corrected chi connectivity index (χ2v) is 6.47. The van der Waals surface area contributed by atoms with E-state index in [1.54, 1.807) is 5.57 Å². The van der Waals surface area contributed by atoms with E-state index in [0.717, 1.165) is 12.5 Å². The number of hydrogen-bond donors (Lipinski definition) is 0. The molecule has 0 amide bonds. The van der Waals surface area contributed by atoms with Crippen LogP contribution in [0.15, 0.2) is 11.6 Å². The molecule has 1 aliphatic rings. The Balaban J connectivity index is 1.90. The van der Waals surface area contributed by atoms with Crippen molar-refractivity contribution in [1.29, 1.82) is 0 Å². The Hall–Kier alpha value is -0.300. The SMILES string of the molecule is CC1C=C(CCCCCCOC(C)(C)C)CC1. The van der Waals surface area contributed by atoms with Crippen LogP contribution < -0.4 is 0 Å². The summed E-state index contributed by atoms with van der Waals surface area (Å²) < 4.78 is 5.71. The molecule has 1 nitrogen and oxygen atoms in total. The summed E-state index contributed by atoms with van der Waals surface area (Å²) in [5, 5.41) is 0. The first kappa shape index (κ1) is 14.8. The summed E-state index contributed by atoms with van der Waals surface area (Å²) in [7, 11) is 0. The van der Waals surface area contributed by atoms with Gasteiger partial charge in [-0.3, -0.25) is 0 Å². The molecule has 0 heterocycles. The molecule has 0 saturated carbocycles. The minimum Gasteiger partial charge on any atom is -0.376 e. The molecule has 0 aromatic rings. The highest BCUT2D eigenvalue weighted by Crippen LogP contribution is 2.27. The Morgan fingerprint density at radius 1 is 1.18 bits per heavy atom. The predicted octanol–water partition coefficient (Wildman–Crippen LogP) is 5.11. The first-order valence-electron chi connectivity index (χ1n) is 7.31. The third kappa shape index (κ3) is 7.59. The fourth-order valence-electron chi connectivity index (χ4n) is 2.38. The van der Waals surface area contributed by atoms with Crippen molar-refractivity contribution in [3.05, 3.63) is 11.6 Å². The molecule has 1 heteroatoms. The molecule has 0 N–H and O–H groups in total. The average molecular weight is 238 g/mol. The minimum absolute atomic E-state index is 0.0325. The summed E-state index contributed by atoms with van der Waals surface area (Å²) in [6.45, 7) is 9.63. The monoisotopic (exact) mass is 238 g/mol. The fraction of sp³-hybridized carbons (Fsp3) is 0.875. The van der Waals surface area contributed by atoms with Crippen LogP contribution in [0.5, 0.6) is 0 Å². The van der Waals surface area contributed by atoms with E-state index in [0.29, 0.717) is 0 Å². The molecule has 0 spiro atoms. The van der Waals surface area contributed by atoms with Gasteiger partial charge < -0.3 is 4.74 Å². The van der Waals surface area contributed by atoms with Gasteiger partial charge in [0.25, 0.3) is 0 Å². The molecule has 0 aromatic heterocycles. The zero-order valence-corrected chi connectivity index (χ0v) is 12.2. The van der Waals surface area contributed by atoms with Crippen LogP contribution in [0.25, 0.3) is 0 Å². The van der Waals surface area contributed by atoms with Gasteiger partial charge in [-0.25, -0.2) is 0 Å². The van der Waals surface area contributed by atoms with Crippen LogP contribution in [0.1, 0.15) is 72.6 Å². The second-order valence-electron chi connectivity index (χ2n) is 6.47. The fourth-order valence-corrected chi connectivity index (χ4v) is 2.38. The van der Waals surface area contributed by atoms with Crippen molar-refractivity contribution >= 4 is 0 Å². The largest absolute Gasteiger partial charge is 0.376 e. The van der Waals surface area contributed by atoms with Gasteiger partial charge in [0.1, 0.15) is 0 Å². The lowest BCUT2D eigenvalue weighted by Gasteiger charge is -2.19. The van der Waals surface area contributed by atoms with E-state index in [1.807, 2.05) is 0 Å². The van der Waals surface area contributed by atoms with Crippen LogP contribution >= 0.6 is 0 Å². The summed E-state index contributed by atoms with van der Waals surface area (Å²) in [6.07, 6.45) is 11.8. The Bertz CT molecular complexity index is 234. The summed E-state index contributed by atoms with van der Waals surface area (Å²) in [6, 6.07) is 0. The van der Waals surface area contributed by atoms with Crippen LogP contribution in [-0.4, -0.2) is 12.2 Å². The van der Waals surface area contributed by atoms with Gasteiger partial charge in [-0.05, 0) is 58.8 Å². The van der Waals surface area contributed by atoms with Crippen molar-refractivity contribution in [1.82, 2.24) is 0 Å². The summed E-state index contributed by atoms with van der Waals surface area (Å²) >= 11 is 0. The molecule has 1 unspecified atom stereocenters. The molecule has 0 saturated heterocycles. The maximum Gasteiger partial charge on any atom is 0.0598 e. The van der Waals surface area contributed by atoms with Crippen LogP contribution in [0, 0.1) is 5.92 Å². The molecule has 0 aliphatic heterocycles. The summed E-state index contributed by atoms with van der Waals surface area (Å²) in [5.74, 6) is 0.838. The molecule has 0 aromatic carbocycles. The van der Waals surface area contributed by atoms with Crippen LogP contribution in [0.4, 0.5) is 0 Å². The highest BCUT2D eigenvalue weighted by Gasteiger charge is 2.11. The van der Waals surface area contributed by atoms with E-state index in [1.165, 1.54) is 44.9 Å². The van der Waals surface area contributed by atoms with Crippen molar-refractivity contribution in [2.75, 3.05) is 6.61 Å². The van der Waals surface area contributed by atoms with Gasteiger partial charge in [-0.1, -0.05) is 31.4 Å². The molecular formula is C16H30O. The maximum atomic E-state index is 5.71. The Morgan fingerprint density at radius 3 is 2.47 bits per heavy atom. The van der Waals surface area contributed by atoms with Gasteiger partial charge >= 0.3 is 0 Å². The van der Waals surface area contributed by atoms with Crippen LogP contribution in [0.3, 0.4) is 0 Å². The Kier molecular flexibility index (Phi) is 6.26. The van der Waals surface area contributed by atoms with Crippen molar-refractivity contribution in [2.45, 2.75) is 78.2 Å². The normalized spacial score (nSPS) is 20.7. The predicted molar refractivity (Wildman–Crippen MR) is 75.3 cm³/mol. The Labute approximate surface area is 108 Å². The highest BCUT2D eigenvalue weighted by molar-refractivity contribution is 5.09. The van der Waals surface area contributed by atoms with E-state index >= 15 is 0 Å². The van der Waals surface area contributed by atoms with Gasteiger partial charge in [0.15, 0.2) is 0 Å². The zero-order valence-electron chi connectivity index (χ0n) is 12.2. The number of hydrogen-bond acceptors (Lipinski definition) is 1. The van der Waals surface area contributed by atoms with Crippen molar-refractivity contribution < 1.29 is 4.74 Å². The second kappa shape index (κ2) is 7.20. The van der Waals surface area contributed by atoms with E-state index in [9.17, 15) is 0 Å². The molecule has 0 fully saturated rings. The first-order valence-corrected chi connectivity index (χ1v) is 7.31. The van der Waals surface area contributed by atoms with E-state index in [4.69, 9.17) is 4.74 Å². The topological polar surface area (TPSA) is 9.23 Å². The number of rotatable bonds is 7. The van der Waals surface area contributed by atoms with Gasteiger partial charge in [-0.2, -0.15) is 0 Å². The smallest absolute Gasteiger partial charge is 0.0598 e. The molecule has 100 valence electrons. The lowest BCUT2D eigenvalue weighted by molar-refractivity contribution is -0.00473. The third-order valence-corrected chi connectivity index (χ3v) is 3.37. The molecule has 17 heavy (non-hydrogen) atoms. The average Bonchev–Trinajstić information content (AvgIpc) is 2.61. The molecular weight excluding hydrogens is 208 g/mol. The zero-order chi connectivity index (χ0) is 12.7. The standard InChI is InChI=1S/C16H30O/c1-14-10-11-15(13-14)9-7-5-6-8-12-17-16(2,3)4/h13-14H,5-12H2,1-4H3. The molecule has 1 rings (SSSR count). The number of unbranched alkanes of at least 4 members (excludes halogenated alkanes) is 3. The van der Waals surface area contributed by atoms with Crippen molar-refractivity contribution in [2.24, 2.45) is 5.92 Å². The maximum absolute atomic E-state index is 5.71. The Morgan fingerprint density at radius 2 is 1.88 bits per heavy atom. The first-order chi connectivity index (χ1) is 7.97. The molecule has 1 aliphatic carbocycles. The molecule has 0 radical (unpaired) electrons. The van der Waals surface area contributed by atoms with Gasteiger partial charge in [0, 0.05) is 6.61 Å². The van der Waals surface area contributed by atoms with Crippen LogP contribution in [0.2, 0.25) is 0 Å². The van der Waals surface area contributed by atoms with Gasteiger partial charge in [-0.15, -0.1) is 0 Å². The number of allylic oxidation sites excluding steroid dienone is 2. The molecule has 0 bridgehead atoms. The van der Waals surface area contributed by atoms with Crippen molar-refractivity contribution in [3.63, 3.8) is 0 Å². The third-order valence-electron chi connectivity index (χ3n) is 3.37. The summed E-state index contributed by atoms with van der Waals surface area (Å²) in [4.78, 5) is 0. The summed E-state index contributed by atoms with van der Waals surface area (Å²) in [5.41, 5.74) is 1.74. The van der Waals surface area contributed by atoms with Gasteiger partial charge in [0.2, 0.25) is 0 Å². The van der Waals surface area contributed by atoms with E-state index in [2.05, 4.69) is 33.8 Å².